The Morgan fingerprint density at radius 3 is 2.30 bits per heavy atom. The van der Waals surface area contributed by atoms with E-state index >= 15 is 0 Å². The van der Waals surface area contributed by atoms with E-state index in [-0.39, 0.29) is 11.9 Å². The SMILES string of the molecule is CC(Nc1ccc(N(C)C)cc1)c1ccc(F)cc1Cl. The number of nitrogens with zero attached hydrogens (tertiary/aromatic N) is 1. The van der Waals surface area contributed by atoms with Crippen LogP contribution in [-0.4, -0.2) is 14.1 Å². The molecule has 106 valence electrons. The highest BCUT2D eigenvalue weighted by molar-refractivity contribution is 6.31. The molecule has 0 fully saturated rings. The maximum atomic E-state index is 13.0. The topological polar surface area (TPSA) is 15.3 Å². The van der Waals surface area contributed by atoms with E-state index in [0.29, 0.717) is 5.02 Å². The summed E-state index contributed by atoms with van der Waals surface area (Å²) in [7, 11) is 4.01. The summed E-state index contributed by atoms with van der Waals surface area (Å²) < 4.78 is 13.0. The number of hydrogen-bond donors (Lipinski definition) is 1. The van der Waals surface area contributed by atoms with Crippen molar-refractivity contribution in [2.75, 3.05) is 24.3 Å². The van der Waals surface area contributed by atoms with Gasteiger partial charge in [-0.3, -0.25) is 0 Å². The molecule has 2 aromatic rings. The summed E-state index contributed by atoms with van der Waals surface area (Å²) in [5.41, 5.74) is 3.02. The number of rotatable bonds is 4. The van der Waals surface area contributed by atoms with E-state index in [2.05, 4.69) is 5.32 Å². The van der Waals surface area contributed by atoms with Crippen molar-refractivity contribution in [2.45, 2.75) is 13.0 Å². The van der Waals surface area contributed by atoms with Crippen molar-refractivity contribution in [2.24, 2.45) is 0 Å². The Kier molecular flexibility index (Phi) is 4.50. The molecule has 0 aliphatic heterocycles. The summed E-state index contributed by atoms with van der Waals surface area (Å²) in [6.45, 7) is 2.00. The third kappa shape index (κ3) is 3.42. The number of halogens is 2. The average Bonchev–Trinajstić information content (AvgIpc) is 2.39. The normalized spacial score (nSPS) is 12.1. The van der Waals surface area contributed by atoms with Crippen LogP contribution in [-0.2, 0) is 0 Å². The standard InChI is InChI=1S/C16H18ClFN2/c1-11(15-9-4-12(18)10-16(15)17)19-13-5-7-14(8-6-13)20(2)3/h4-11,19H,1-3H3. The van der Waals surface area contributed by atoms with Crippen LogP contribution in [0.3, 0.4) is 0 Å². The maximum Gasteiger partial charge on any atom is 0.124 e. The predicted octanol–water partition coefficient (Wildman–Crippen LogP) is 4.72. The Hall–Kier alpha value is -1.74. The third-order valence-corrected chi connectivity index (χ3v) is 3.52. The molecule has 0 bridgehead atoms. The fraction of sp³-hybridized carbons (Fsp3) is 0.250. The Bertz CT molecular complexity index is 582. The second kappa shape index (κ2) is 6.14. The molecule has 0 saturated carbocycles. The van der Waals surface area contributed by atoms with Gasteiger partial charge in [-0.05, 0) is 48.9 Å². The summed E-state index contributed by atoms with van der Waals surface area (Å²) in [6, 6.07) is 12.6. The quantitative estimate of drug-likeness (QED) is 0.877. The van der Waals surface area contributed by atoms with Crippen LogP contribution in [0.15, 0.2) is 42.5 Å². The van der Waals surface area contributed by atoms with Gasteiger partial charge in [-0.2, -0.15) is 0 Å². The second-order valence-corrected chi connectivity index (χ2v) is 5.38. The molecular formula is C16H18ClFN2. The average molecular weight is 293 g/mol. The van der Waals surface area contributed by atoms with Gasteiger partial charge in [-0.1, -0.05) is 17.7 Å². The van der Waals surface area contributed by atoms with Gasteiger partial charge in [0.15, 0.2) is 0 Å². The molecule has 2 nitrogen and oxygen atoms in total. The van der Waals surface area contributed by atoms with Crippen molar-refractivity contribution in [3.8, 4) is 0 Å². The van der Waals surface area contributed by atoms with Gasteiger partial charge in [0.05, 0.1) is 0 Å². The molecule has 0 aliphatic carbocycles. The molecule has 0 saturated heterocycles. The van der Waals surface area contributed by atoms with Crippen molar-refractivity contribution in [1.29, 1.82) is 0 Å². The third-order valence-electron chi connectivity index (χ3n) is 3.20. The van der Waals surface area contributed by atoms with Crippen LogP contribution in [0.2, 0.25) is 5.02 Å². The van der Waals surface area contributed by atoms with Crippen molar-refractivity contribution in [3.63, 3.8) is 0 Å². The maximum absolute atomic E-state index is 13.0. The van der Waals surface area contributed by atoms with E-state index in [1.54, 1.807) is 6.07 Å². The highest BCUT2D eigenvalue weighted by Crippen LogP contribution is 2.27. The first-order chi connectivity index (χ1) is 9.47. The Morgan fingerprint density at radius 1 is 1.10 bits per heavy atom. The Balaban J connectivity index is 2.12. The highest BCUT2D eigenvalue weighted by atomic mass is 35.5. The molecule has 1 unspecified atom stereocenters. The van der Waals surface area contributed by atoms with Crippen LogP contribution in [0.25, 0.3) is 0 Å². The molecule has 0 radical (unpaired) electrons. The van der Waals surface area contributed by atoms with Crippen LogP contribution < -0.4 is 10.2 Å². The van der Waals surface area contributed by atoms with Gasteiger partial charge in [0, 0.05) is 36.5 Å². The van der Waals surface area contributed by atoms with Crippen molar-refractivity contribution in [1.82, 2.24) is 0 Å². The van der Waals surface area contributed by atoms with Gasteiger partial charge < -0.3 is 10.2 Å². The van der Waals surface area contributed by atoms with Gasteiger partial charge in [-0.25, -0.2) is 4.39 Å². The lowest BCUT2D eigenvalue weighted by Gasteiger charge is -2.18. The van der Waals surface area contributed by atoms with Crippen LogP contribution in [0, 0.1) is 5.82 Å². The first-order valence-corrected chi connectivity index (χ1v) is 6.84. The van der Waals surface area contributed by atoms with E-state index in [0.717, 1.165) is 16.9 Å². The zero-order valence-corrected chi connectivity index (χ0v) is 12.6. The number of hydrogen-bond acceptors (Lipinski definition) is 2. The van der Waals surface area contributed by atoms with Gasteiger partial charge in [-0.15, -0.1) is 0 Å². The predicted molar refractivity (Wildman–Crippen MR) is 84.2 cm³/mol. The zero-order valence-electron chi connectivity index (χ0n) is 11.8. The first kappa shape index (κ1) is 14.7. The van der Waals surface area contributed by atoms with Crippen LogP contribution in [0.4, 0.5) is 15.8 Å². The fourth-order valence-corrected chi connectivity index (χ4v) is 2.37. The second-order valence-electron chi connectivity index (χ2n) is 4.97. The summed E-state index contributed by atoms with van der Waals surface area (Å²) in [4.78, 5) is 2.05. The van der Waals surface area contributed by atoms with E-state index < -0.39 is 0 Å². The monoisotopic (exact) mass is 292 g/mol. The molecule has 2 aromatic carbocycles. The zero-order chi connectivity index (χ0) is 14.7. The Morgan fingerprint density at radius 2 is 1.75 bits per heavy atom. The van der Waals surface area contributed by atoms with Gasteiger partial charge in [0.1, 0.15) is 5.82 Å². The molecule has 20 heavy (non-hydrogen) atoms. The van der Waals surface area contributed by atoms with Crippen molar-refractivity contribution >= 4 is 23.0 Å². The summed E-state index contributed by atoms with van der Waals surface area (Å²) in [5.74, 6) is -0.318. The Labute approximate surface area is 124 Å². The van der Waals surface area contributed by atoms with E-state index in [1.807, 2.05) is 50.2 Å². The lowest BCUT2D eigenvalue weighted by Crippen LogP contribution is -2.09. The van der Waals surface area contributed by atoms with Crippen LogP contribution in [0.5, 0.6) is 0 Å². The van der Waals surface area contributed by atoms with Gasteiger partial charge in [0.25, 0.3) is 0 Å². The molecule has 4 heteroatoms. The summed E-state index contributed by atoms with van der Waals surface area (Å²) in [5, 5.41) is 3.80. The van der Waals surface area contributed by atoms with Crippen molar-refractivity contribution in [3.05, 3.63) is 58.9 Å². The lowest BCUT2D eigenvalue weighted by molar-refractivity contribution is 0.626. The molecule has 1 atom stereocenters. The molecule has 1 N–H and O–H groups in total. The number of anilines is 2. The molecule has 2 rings (SSSR count). The molecule has 0 spiro atoms. The molecule has 0 amide bonds. The minimum absolute atomic E-state index is 0.00769. The van der Waals surface area contributed by atoms with Crippen molar-refractivity contribution < 1.29 is 4.39 Å². The molecular weight excluding hydrogens is 275 g/mol. The summed E-state index contributed by atoms with van der Waals surface area (Å²) in [6.07, 6.45) is 0. The minimum Gasteiger partial charge on any atom is -0.378 e. The van der Waals surface area contributed by atoms with E-state index in [4.69, 9.17) is 11.6 Å². The lowest BCUT2D eigenvalue weighted by atomic mass is 10.1. The first-order valence-electron chi connectivity index (χ1n) is 6.46. The van der Waals surface area contributed by atoms with E-state index in [9.17, 15) is 4.39 Å². The smallest absolute Gasteiger partial charge is 0.124 e. The van der Waals surface area contributed by atoms with Gasteiger partial charge >= 0.3 is 0 Å². The van der Waals surface area contributed by atoms with Crippen LogP contribution >= 0.6 is 11.6 Å². The molecule has 0 aliphatic rings. The largest absolute Gasteiger partial charge is 0.378 e. The number of benzene rings is 2. The minimum atomic E-state index is -0.318. The van der Waals surface area contributed by atoms with E-state index in [1.165, 1.54) is 12.1 Å². The molecule has 0 aromatic heterocycles. The van der Waals surface area contributed by atoms with Gasteiger partial charge in [0.2, 0.25) is 0 Å². The highest BCUT2D eigenvalue weighted by Gasteiger charge is 2.10. The number of nitrogens with one attached hydrogen (secondary N) is 1. The summed E-state index contributed by atoms with van der Waals surface area (Å²) >= 11 is 6.07. The molecule has 0 heterocycles. The fourth-order valence-electron chi connectivity index (χ4n) is 2.04. The van der Waals surface area contributed by atoms with Crippen LogP contribution in [0.1, 0.15) is 18.5 Å².